The van der Waals surface area contributed by atoms with Gasteiger partial charge in [-0.05, 0) is 37.9 Å². The first-order valence-electron chi connectivity index (χ1n) is 6.50. The molecule has 0 bridgehead atoms. The van der Waals surface area contributed by atoms with Gasteiger partial charge in [-0.2, -0.15) is 0 Å². The Kier molecular flexibility index (Phi) is 3.67. The summed E-state index contributed by atoms with van der Waals surface area (Å²) in [5, 5.41) is 6.90. The lowest BCUT2D eigenvalue weighted by Gasteiger charge is -2.07. The predicted octanol–water partition coefficient (Wildman–Crippen LogP) is 2.89. The van der Waals surface area contributed by atoms with E-state index in [1.165, 1.54) is 30.8 Å². The first-order chi connectivity index (χ1) is 8.92. The highest BCUT2D eigenvalue weighted by atomic mass is 32.1. The summed E-state index contributed by atoms with van der Waals surface area (Å²) < 4.78 is 0. The molecule has 0 spiro atoms. The first-order valence-corrected chi connectivity index (χ1v) is 7.38. The van der Waals surface area contributed by atoms with Crippen LogP contribution in [-0.2, 0) is 6.42 Å². The monoisotopic (exact) mass is 259 g/mol. The van der Waals surface area contributed by atoms with Crippen molar-refractivity contribution in [2.24, 2.45) is 0 Å². The van der Waals surface area contributed by atoms with Crippen molar-refractivity contribution in [3.8, 4) is 11.3 Å². The molecule has 3 heterocycles. The lowest BCUT2D eigenvalue weighted by atomic mass is 10.1. The van der Waals surface area contributed by atoms with Crippen LogP contribution < -0.4 is 5.32 Å². The number of thiazole rings is 1. The van der Waals surface area contributed by atoms with E-state index in [9.17, 15) is 0 Å². The third kappa shape index (κ3) is 2.76. The summed E-state index contributed by atoms with van der Waals surface area (Å²) >= 11 is 1.76. The number of pyridine rings is 1. The lowest BCUT2D eigenvalue weighted by molar-refractivity contribution is 0.558. The molecule has 3 rings (SSSR count). The van der Waals surface area contributed by atoms with Crippen LogP contribution in [-0.4, -0.2) is 22.6 Å². The second kappa shape index (κ2) is 5.59. The van der Waals surface area contributed by atoms with Gasteiger partial charge in [-0.3, -0.25) is 4.98 Å². The highest BCUT2D eigenvalue weighted by Crippen LogP contribution is 2.22. The molecule has 1 fully saturated rings. The van der Waals surface area contributed by atoms with Gasteiger partial charge in [0.2, 0.25) is 0 Å². The van der Waals surface area contributed by atoms with E-state index in [4.69, 9.17) is 4.98 Å². The normalized spacial score (nSPS) is 19.2. The molecule has 1 N–H and O–H groups in total. The van der Waals surface area contributed by atoms with Crippen LogP contribution in [0.4, 0.5) is 0 Å². The molecule has 2 aromatic heterocycles. The van der Waals surface area contributed by atoms with Crippen LogP contribution in [0.3, 0.4) is 0 Å². The maximum Gasteiger partial charge on any atom is 0.0933 e. The molecule has 0 radical (unpaired) electrons. The Hall–Kier alpha value is -1.26. The van der Waals surface area contributed by atoms with Gasteiger partial charge in [-0.15, -0.1) is 11.3 Å². The minimum Gasteiger partial charge on any atom is -0.314 e. The molecule has 0 amide bonds. The topological polar surface area (TPSA) is 37.8 Å². The van der Waals surface area contributed by atoms with Crippen LogP contribution >= 0.6 is 11.3 Å². The lowest BCUT2D eigenvalue weighted by Crippen LogP contribution is -2.21. The minimum absolute atomic E-state index is 0.704. The third-order valence-electron chi connectivity index (χ3n) is 3.38. The molecule has 1 unspecified atom stereocenters. The zero-order chi connectivity index (χ0) is 12.2. The highest BCUT2D eigenvalue weighted by Gasteiger charge is 2.14. The van der Waals surface area contributed by atoms with Gasteiger partial charge in [0.05, 0.1) is 10.7 Å². The summed E-state index contributed by atoms with van der Waals surface area (Å²) in [6.07, 6.45) is 8.60. The number of hydrogen-bond acceptors (Lipinski definition) is 4. The quantitative estimate of drug-likeness (QED) is 0.917. The summed E-state index contributed by atoms with van der Waals surface area (Å²) in [7, 11) is 0. The minimum atomic E-state index is 0.704. The molecule has 1 saturated heterocycles. The summed E-state index contributed by atoms with van der Waals surface area (Å²) in [6.45, 7) is 1.18. The van der Waals surface area contributed by atoms with Crippen molar-refractivity contribution in [1.82, 2.24) is 15.3 Å². The summed E-state index contributed by atoms with van der Waals surface area (Å²) in [4.78, 5) is 8.83. The Morgan fingerprint density at radius 3 is 3.22 bits per heavy atom. The second-order valence-corrected chi connectivity index (χ2v) is 5.64. The van der Waals surface area contributed by atoms with Crippen LogP contribution in [0.5, 0.6) is 0 Å². The molecule has 94 valence electrons. The fourth-order valence-corrected chi connectivity index (χ4v) is 3.20. The van der Waals surface area contributed by atoms with Gasteiger partial charge in [-0.25, -0.2) is 4.98 Å². The van der Waals surface area contributed by atoms with Crippen molar-refractivity contribution in [1.29, 1.82) is 0 Å². The van der Waals surface area contributed by atoms with Crippen molar-refractivity contribution in [2.75, 3.05) is 6.54 Å². The van der Waals surface area contributed by atoms with E-state index in [0.717, 1.165) is 17.7 Å². The van der Waals surface area contributed by atoms with Gasteiger partial charge in [-0.1, -0.05) is 0 Å². The second-order valence-electron chi connectivity index (χ2n) is 4.70. The summed E-state index contributed by atoms with van der Waals surface area (Å²) in [6, 6.07) is 4.72. The molecule has 3 nitrogen and oxygen atoms in total. The molecule has 1 aliphatic rings. The standard InChI is InChI=1S/C14H17N3S/c1-3-11(9-15-7-1)13-10-18-14(17-13)6-5-12-4-2-8-16-12/h1,3,7,9-10,12,16H,2,4-6,8H2. The molecule has 0 aliphatic carbocycles. The number of nitrogens with one attached hydrogen (secondary N) is 1. The van der Waals surface area contributed by atoms with E-state index in [1.807, 2.05) is 12.3 Å². The van der Waals surface area contributed by atoms with Gasteiger partial charge in [0.25, 0.3) is 0 Å². The van der Waals surface area contributed by atoms with Crippen molar-refractivity contribution in [3.63, 3.8) is 0 Å². The molecule has 1 atom stereocenters. The predicted molar refractivity (Wildman–Crippen MR) is 74.7 cm³/mol. The highest BCUT2D eigenvalue weighted by molar-refractivity contribution is 7.09. The van der Waals surface area contributed by atoms with Crippen LogP contribution in [0.15, 0.2) is 29.9 Å². The van der Waals surface area contributed by atoms with E-state index in [2.05, 4.69) is 21.7 Å². The molecule has 0 aromatic carbocycles. The van der Waals surface area contributed by atoms with E-state index >= 15 is 0 Å². The Bertz CT molecular complexity index is 489. The van der Waals surface area contributed by atoms with Crippen LogP contribution in [0.2, 0.25) is 0 Å². The van der Waals surface area contributed by atoms with Gasteiger partial charge in [0, 0.05) is 35.8 Å². The largest absolute Gasteiger partial charge is 0.314 e. The third-order valence-corrected chi connectivity index (χ3v) is 4.29. The van der Waals surface area contributed by atoms with Crippen molar-refractivity contribution in [3.05, 3.63) is 34.9 Å². The summed E-state index contributed by atoms with van der Waals surface area (Å²) in [5.41, 5.74) is 2.17. The average molecular weight is 259 g/mol. The Labute approximate surface area is 111 Å². The van der Waals surface area contributed by atoms with Crippen molar-refractivity contribution >= 4 is 11.3 Å². The number of rotatable bonds is 4. The maximum atomic E-state index is 4.69. The molecule has 18 heavy (non-hydrogen) atoms. The molecule has 1 aliphatic heterocycles. The Balaban J connectivity index is 1.63. The molecular formula is C14H17N3S. The fraction of sp³-hybridized carbons (Fsp3) is 0.429. The molecular weight excluding hydrogens is 242 g/mol. The smallest absolute Gasteiger partial charge is 0.0933 e. The van der Waals surface area contributed by atoms with E-state index < -0.39 is 0 Å². The van der Waals surface area contributed by atoms with Gasteiger partial charge < -0.3 is 5.32 Å². The zero-order valence-electron chi connectivity index (χ0n) is 10.3. The molecule has 2 aromatic rings. The number of aryl methyl sites for hydroxylation is 1. The van der Waals surface area contributed by atoms with Gasteiger partial charge in [0.15, 0.2) is 0 Å². The van der Waals surface area contributed by atoms with Crippen LogP contribution in [0.1, 0.15) is 24.3 Å². The number of hydrogen-bond donors (Lipinski definition) is 1. The Morgan fingerprint density at radius 2 is 2.44 bits per heavy atom. The SMILES string of the molecule is c1cncc(-c2csc(CCC3CCCN3)n2)c1. The van der Waals surface area contributed by atoms with Gasteiger partial charge >= 0.3 is 0 Å². The van der Waals surface area contributed by atoms with Crippen LogP contribution in [0, 0.1) is 0 Å². The number of nitrogens with zero attached hydrogens (tertiary/aromatic N) is 2. The zero-order valence-corrected chi connectivity index (χ0v) is 11.1. The van der Waals surface area contributed by atoms with E-state index in [1.54, 1.807) is 17.5 Å². The fourth-order valence-electron chi connectivity index (χ4n) is 2.37. The molecule has 4 heteroatoms. The first kappa shape index (κ1) is 11.8. The van der Waals surface area contributed by atoms with Gasteiger partial charge in [0.1, 0.15) is 0 Å². The van der Waals surface area contributed by atoms with E-state index in [0.29, 0.717) is 6.04 Å². The van der Waals surface area contributed by atoms with Crippen molar-refractivity contribution in [2.45, 2.75) is 31.7 Å². The molecule has 0 saturated carbocycles. The number of aromatic nitrogens is 2. The van der Waals surface area contributed by atoms with Crippen LogP contribution in [0.25, 0.3) is 11.3 Å². The van der Waals surface area contributed by atoms with Crippen molar-refractivity contribution < 1.29 is 0 Å². The van der Waals surface area contributed by atoms with E-state index in [-0.39, 0.29) is 0 Å². The average Bonchev–Trinajstić information content (AvgIpc) is 3.09. The Morgan fingerprint density at radius 1 is 1.44 bits per heavy atom. The summed E-state index contributed by atoms with van der Waals surface area (Å²) in [5.74, 6) is 0. The maximum absolute atomic E-state index is 4.69.